The Morgan fingerprint density at radius 2 is 1.90 bits per heavy atom. The van der Waals surface area contributed by atoms with Crippen molar-refractivity contribution in [3.8, 4) is 0 Å². The molecule has 1 aromatic heterocycles. The van der Waals surface area contributed by atoms with Crippen LogP contribution < -0.4 is 10.3 Å². The minimum atomic E-state index is -0.641. The van der Waals surface area contributed by atoms with Gasteiger partial charge in [-0.2, -0.15) is 5.10 Å². The third-order valence-corrected chi connectivity index (χ3v) is 7.08. The Bertz CT molecular complexity index is 1060. The number of hydrazone groups is 1. The first-order valence-electron chi connectivity index (χ1n) is 9.57. The van der Waals surface area contributed by atoms with Crippen molar-refractivity contribution in [2.45, 2.75) is 24.6 Å². The summed E-state index contributed by atoms with van der Waals surface area (Å²) < 4.78 is 28.5. The zero-order valence-corrected chi connectivity index (χ0v) is 18.2. The number of halogens is 2. The van der Waals surface area contributed by atoms with Gasteiger partial charge in [-0.25, -0.2) is 13.8 Å². The average molecular weight is 446 g/mol. The Morgan fingerprint density at radius 3 is 2.60 bits per heavy atom. The van der Waals surface area contributed by atoms with Gasteiger partial charge in [0.05, 0.1) is 0 Å². The molecule has 0 amide bonds. The van der Waals surface area contributed by atoms with E-state index < -0.39 is 16.5 Å². The summed E-state index contributed by atoms with van der Waals surface area (Å²) in [6.07, 6.45) is 1.59. The summed E-state index contributed by atoms with van der Waals surface area (Å²) in [6.45, 7) is 2.70. The summed E-state index contributed by atoms with van der Waals surface area (Å²) in [4.78, 5) is -0.641. The second kappa shape index (κ2) is 8.79. The molecule has 4 rings (SSSR count). The minimum absolute atomic E-state index is 0.151. The predicted molar refractivity (Wildman–Crippen MR) is 119 cm³/mol. The van der Waals surface area contributed by atoms with Gasteiger partial charge in [0.15, 0.2) is 0 Å². The maximum absolute atomic E-state index is 14.6. The fourth-order valence-corrected chi connectivity index (χ4v) is 5.61. The predicted octanol–water partition coefficient (Wildman–Crippen LogP) is 4.89. The van der Waals surface area contributed by atoms with Crippen LogP contribution in [0.3, 0.4) is 0 Å². The number of nitrogens with one attached hydrogen (secondary N) is 1. The zero-order valence-electron chi connectivity index (χ0n) is 16.6. The second-order valence-corrected chi connectivity index (χ2v) is 9.33. The standard InChI is InChI=1S/C21H21F2N5S2/c1-14-25-26-20(29-14)28-21(11-6-12-24-2,15-7-4-3-5-8-15)30-19(27-28)17-13-16(22)9-10-18(17)23/h3-5,7-10,13,24H,6,11-12H2,1-2H3. The van der Waals surface area contributed by atoms with E-state index in [2.05, 4.69) is 15.5 Å². The third-order valence-electron chi connectivity index (χ3n) is 4.82. The van der Waals surface area contributed by atoms with Gasteiger partial charge in [-0.05, 0) is 57.1 Å². The molecule has 9 heteroatoms. The molecule has 0 radical (unpaired) electrons. The van der Waals surface area contributed by atoms with Crippen LogP contribution in [0.2, 0.25) is 0 Å². The molecule has 1 aliphatic rings. The zero-order chi connectivity index (χ0) is 21.1. The van der Waals surface area contributed by atoms with Crippen molar-refractivity contribution in [3.05, 3.63) is 76.3 Å². The average Bonchev–Trinajstić information content (AvgIpc) is 3.35. The van der Waals surface area contributed by atoms with E-state index in [0.29, 0.717) is 10.2 Å². The smallest absolute Gasteiger partial charge is 0.230 e. The minimum Gasteiger partial charge on any atom is -0.320 e. The van der Waals surface area contributed by atoms with Crippen LogP contribution in [-0.2, 0) is 4.87 Å². The SMILES string of the molecule is CNCCCC1(c2ccccc2)SC(c2cc(F)ccc2F)=NN1c1nnc(C)s1. The van der Waals surface area contributed by atoms with Crippen LogP contribution in [0.5, 0.6) is 0 Å². The lowest BCUT2D eigenvalue weighted by molar-refractivity contribution is 0.512. The molecule has 1 N–H and O–H groups in total. The largest absolute Gasteiger partial charge is 0.320 e. The molecule has 1 unspecified atom stereocenters. The molecule has 0 bridgehead atoms. The van der Waals surface area contributed by atoms with Crippen LogP contribution in [0.25, 0.3) is 0 Å². The number of aromatic nitrogens is 2. The molecule has 0 fully saturated rings. The van der Waals surface area contributed by atoms with Gasteiger partial charge in [0, 0.05) is 5.56 Å². The fraction of sp³-hybridized carbons (Fsp3) is 0.286. The molecule has 0 spiro atoms. The first-order chi connectivity index (χ1) is 14.5. The van der Waals surface area contributed by atoms with Gasteiger partial charge in [-0.1, -0.05) is 53.4 Å². The third kappa shape index (κ3) is 3.97. The van der Waals surface area contributed by atoms with Gasteiger partial charge in [0.25, 0.3) is 0 Å². The Hall–Kier alpha value is -2.36. The van der Waals surface area contributed by atoms with E-state index in [4.69, 9.17) is 5.10 Å². The van der Waals surface area contributed by atoms with Crippen LogP contribution in [0.4, 0.5) is 13.9 Å². The maximum Gasteiger partial charge on any atom is 0.230 e. The molecule has 5 nitrogen and oxygen atoms in total. The monoisotopic (exact) mass is 445 g/mol. The van der Waals surface area contributed by atoms with E-state index >= 15 is 0 Å². The van der Waals surface area contributed by atoms with Crippen molar-refractivity contribution in [1.82, 2.24) is 15.5 Å². The van der Waals surface area contributed by atoms with Crippen molar-refractivity contribution in [2.75, 3.05) is 18.6 Å². The van der Waals surface area contributed by atoms with Crippen LogP contribution in [0, 0.1) is 18.6 Å². The van der Waals surface area contributed by atoms with Crippen LogP contribution in [0.15, 0.2) is 53.6 Å². The highest BCUT2D eigenvalue weighted by molar-refractivity contribution is 8.15. The molecule has 1 aliphatic heterocycles. The van der Waals surface area contributed by atoms with E-state index in [9.17, 15) is 8.78 Å². The normalized spacial score (nSPS) is 18.7. The highest BCUT2D eigenvalue weighted by Gasteiger charge is 2.47. The van der Waals surface area contributed by atoms with Crippen LogP contribution in [-0.4, -0.2) is 28.8 Å². The fourth-order valence-electron chi connectivity index (χ4n) is 3.42. The van der Waals surface area contributed by atoms with E-state index in [1.54, 1.807) is 0 Å². The summed E-state index contributed by atoms with van der Waals surface area (Å²) in [7, 11) is 1.91. The molecule has 2 heterocycles. The van der Waals surface area contributed by atoms with Crippen LogP contribution in [0.1, 0.15) is 29.0 Å². The number of thioether (sulfide) groups is 1. The van der Waals surface area contributed by atoms with Crippen LogP contribution >= 0.6 is 23.1 Å². The molecule has 2 aromatic carbocycles. The Balaban J connectivity index is 1.85. The van der Waals surface area contributed by atoms with Gasteiger partial charge < -0.3 is 5.32 Å². The first kappa shape index (κ1) is 20.9. The highest BCUT2D eigenvalue weighted by atomic mass is 32.2. The van der Waals surface area contributed by atoms with Crippen molar-refractivity contribution in [3.63, 3.8) is 0 Å². The number of anilines is 1. The van der Waals surface area contributed by atoms with Gasteiger partial charge in [0.1, 0.15) is 26.6 Å². The Kier molecular flexibility index (Phi) is 6.12. The lowest BCUT2D eigenvalue weighted by atomic mass is 10.0. The van der Waals surface area contributed by atoms with Gasteiger partial charge in [-0.3, -0.25) is 0 Å². The number of nitrogens with zero attached hydrogens (tertiary/aromatic N) is 4. The number of benzene rings is 2. The number of aryl methyl sites for hydroxylation is 1. The Labute approximate surface area is 182 Å². The van der Waals surface area contributed by atoms with Gasteiger partial charge in [-0.15, -0.1) is 10.2 Å². The number of hydrogen-bond acceptors (Lipinski definition) is 7. The molecule has 3 aromatic rings. The van der Waals surface area contributed by atoms with Gasteiger partial charge in [0.2, 0.25) is 5.13 Å². The second-order valence-electron chi connectivity index (χ2n) is 6.90. The first-order valence-corrected chi connectivity index (χ1v) is 11.2. The van der Waals surface area contributed by atoms with E-state index in [1.807, 2.05) is 49.3 Å². The topological polar surface area (TPSA) is 53.4 Å². The van der Waals surface area contributed by atoms with E-state index in [1.165, 1.54) is 29.2 Å². The van der Waals surface area contributed by atoms with Crippen molar-refractivity contribution < 1.29 is 8.78 Å². The van der Waals surface area contributed by atoms with Gasteiger partial charge >= 0.3 is 0 Å². The molecule has 30 heavy (non-hydrogen) atoms. The summed E-state index contributed by atoms with van der Waals surface area (Å²) in [5, 5.41) is 20.1. The van der Waals surface area contributed by atoms with E-state index in [-0.39, 0.29) is 5.56 Å². The summed E-state index contributed by atoms with van der Waals surface area (Å²) in [5.41, 5.74) is 1.17. The van der Waals surface area contributed by atoms with Crippen molar-refractivity contribution in [1.29, 1.82) is 0 Å². The quantitative estimate of drug-likeness (QED) is 0.525. The highest BCUT2D eigenvalue weighted by Crippen LogP contribution is 2.52. The molecular weight excluding hydrogens is 424 g/mol. The molecule has 0 saturated carbocycles. The molecule has 1 atom stereocenters. The Morgan fingerprint density at radius 1 is 1.10 bits per heavy atom. The molecule has 0 saturated heterocycles. The maximum atomic E-state index is 14.6. The number of rotatable bonds is 7. The lowest BCUT2D eigenvalue weighted by Crippen LogP contribution is -2.38. The summed E-state index contributed by atoms with van der Waals surface area (Å²) in [6, 6.07) is 13.4. The van der Waals surface area contributed by atoms with Crippen molar-refractivity contribution in [2.24, 2.45) is 5.10 Å². The summed E-state index contributed by atoms with van der Waals surface area (Å²) in [5.74, 6) is -1.00. The molecular formula is C21H21F2N5S2. The lowest BCUT2D eigenvalue weighted by Gasteiger charge is -2.35. The summed E-state index contributed by atoms with van der Waals surface area (Å²) >= 11 is 2.86. The molecule has 0 aliphatic carbocycles. The van der Waals surface area contributed by atoms with E-state index in [0.717, 1.165) is 42.1 Å². The van der Waals surface area contributed by atoms with Crippen molar-refractivity contribution >= 4 is 33.3 Å². The molecule has 156 valence electrons. The number of hydrogen-bond donors (Lipinski definition) is 1.